The Morgan fingerprint density at radius 1 is 1.31 bits per heavy atom. The number of anilines is 1. The number of carbonyl (C=O) groups excluding carboxylic acids is 1. The van der Waals surface area contributed by atoms with Gasteiger partial charge in [-0.25, -0.2) is 0 Å². The van der Waals surface area contributed by atoms with Crippen molar-refractivity contribution in [3.8, 4) is 0 Å². The van der Waals surface area contributed by atoms with Crippen LogP contribution in [0.2, 0.25) is 5.02 Å². The van der Waals surface area contributed by atoms with Gasteiger partial charge in [0.2, 0.25) is 5.91 Å². The number of allylic oxidation sites excluding steroid dienone is 1. The Hall–Kier alpha value is -1.36. The summed E-state index contributed by atoms with van der Waals surface area (Å²) in [6.07, 6.45) is 2.42. The number of benzene rings is 1. The summed E-state index contributed by atoms with van der Waals surface area (Å²) < 4.78 is 5.72. The highest BCUT2D eigenvalue weighted by atomic mass is 35.5. The number of halogens is 3. The zero-order valence-corrected chi connectivity index (χ0v) is 17.1. The maximum atomic E-state index is 12.3. The monoisotopic (exact) mass is 416 g/mol. The standard InChI is InChI=1S/C19H23Cl3N2O2/c1-12(24-14-7-5-13(20)6-8-14)26-10-4-9-23-18(25)17-15(11-16(21)22)19(17,2)3/h5-8,11,15,17,24H,1,4,9-10H2,2-3H3,(H,23,25). The van der Waals surface area contributed by atoms with Gasteiger partial charge < -0.3 is 15.4 Å². The zero-order chi connectivity index (χ0) is 19.3. The molecule has 1 aliphatic carbocycles. The first-order valence-corrected chi connectivity index (χ1v) is 9.50. The second-order valence-electron chi connectivity index (χ2n) is 6.83. The summed E-state index contributed by atoms with van der Waals surface area (Å²) in [6.45, 7) is 8.86. The minimum Gasteiger partial charge on any atom is -0.479 e. The van der Waals surface area contributed by atoms with Crippen molar-refractivity contribution < 1.29 is 9.53 Å². The number of hydrogen-bond donors (Lipinski definition) is 2. The van der Waals surface area contributed by atoms with Crippen LogP contribution in [0.5, 0.6) is 0 Å². The number of carbonyl (C=O) groups is 1. The van der Waals surface area contributed by atoms with Crippen LogP contribution in [0.1, 0.15) is 20.3 Å². The molecule has 0 saturated heterocycles. The Morgan fingerprint density at radius 3 is 2.58 bits per heavy atom. The van der Waals surface area contributed by atoms with E-state index >= 15 is 0 Å². The third-order valence-corrected chi connectivity index (χ3v) is 5.03. The highest BCUT2D eigenvalue weighted by molar-refractivity contribution is 6.55. The molecule has 2 atom stereocenters. The SMILES string of the molecule is C=C(Nc1ccc(Cl)cc1)OCCCNC(=O)C1C(C=C(Cl)Cl)C1(C)C. The van der Waals surface area contributed by atoms with Gasteiger partial charge in [0.05, 0.1) is 12.5 Å². The van der Waals surface area contributed by atoms with Crippen molar-refractivity contribution in [2.24, 2.45) is 17.3 Å². The normalized spacial score (nSPS) is 20.0. The Bertz CT molecular complexity index is 683. The van der Waals surface area contributed by atoms with Crippen LogP contribution in [0.15, 0.2) is 47.3 Å². The topological polar surface area (TPSA) is 50.4 Å². The van der Waals surface area contributed by atoms with Gasteiger partial charge in [-0.1, -0.05) is 48.7 Å². The molecule has 1 amide bonds. The molecule has 1 aliphatic rings. The summed E-state index contributed by atoms with van der Waals surface area (Å²) in [5.41, 5.74) is 0.729. The van der Waals surface area contributed by atoms with Gasteiger partial charge in [0.25, 0.3) is 0 Å². The van der Waals surface area contributed by atoms with Gasteiger partial charge >= 0.3 is 0 Å². The molecule has 0 aliphatic heterocycles. The lowest BCUT2D eigenvalue weighted by Gasteiger charge is -2.12. The molecule has 0 bridgehead atoms. The van der Waals surface area contributed by atoms with Crippen LogP contribution in [-0.2, 0) is 9.53 Å². The van der Waals surface area contributed by atoms with Crippen molar-refractivity contribution in [1.29, 1.82) is 0 Å². The molecule has 2 N–H and O–H groups in total. The molecule has 0 aromatic heterocycles. The second kappa shape index (κ2) is 9.03. The van der Waals surface area contributed by atoms with Crippen LogP contribution in [-0.4, -0.2) is 19.1 Å². The van der Waals surface area contributed by atoms with E-state index in [4.69, 9.17) is 39.5 Å². The van der Waals surface area contributed by atoms with Crippen LogP contribution >= 0.6 is 34.8 Å². The first-order chi connectivity index (χ1) is 12.2. The predicted molar refractivity (Wildman–Crippen MR) is 108 cm³/mol. The van der Waals surface area contributed by atoms with Gasteiger partial charge in [-0.15, -0.1) is 0 Å². The molecule has 2 rings (SSSR count). The van der Waals surface area contributed by atoms with Gasteiger partial charge in [-0.05, 0) is 54.7 Å². The minimum atomic E-state index is -0.119. The minimum absolute atomic E-state index is 0.0175. The molecule has 0 heterocycles. The molecule has 0 spiro atoms. The third kappa shape index (κ3) is 5.83. The van der Waals surface area contributed by atoms with Crippen LogP contribution < -0.4 is 10.6 Å². The molecular formula is C19H23Cl3N2O2. The van der Waals surface area contributed by atoms with Crippen molar-refractivity contribution in [2.75, 3.05) is 18.5 Å². The molecule has 2 unspecified atom stereocenters. The first-order valence-electron chi connectivity index (χ1n) is 8.36. The number of rotatable bonds is 9. The van der Waals surface area contributed by atoms with E-state index in [0.29, 0.717) is 30.5 Å². The van der Waals surface area contributed by atoms with E-state index in [2.05, 4.69) is 17.2 Å². The van der Waals surface area contributed by atoms with E-state index < -0.39 is 0 Å². The lowest BCUT2D eigenvalue weighted by atomic mass is 10.1. The average Bonchev–Trinajstić information content (AvgIpc) is 3.08. The highest BCUT2D eigenvalue weighted by Crippen LogP contribution is 2.59. The molecule has 1 aromatic carbocycles. The van der Waals surface area contributed by atoms with Gasteiger partial charge in [-0.2, -0.15) is 0 Å². The molecule has 7 heteroatoms. The van der Waals surface area contributed by atoms with E-state index in [1.807, 2.05) is 26.0 Å². The van der Waals surface area contributed by atoms with E-state index in [1.165, 1.54) is 0 Å². The van der Waals surface area contributed by atoms with E-state index in [9.17, 15) is 4.79 Å². The van der Waals surface area contributed by atoms with Gasteiger partial charge in [0.15, 0.2) is 5.88 Å². The largest absolute Gasteiger partial charge is 0.479 e. The van der Waals surface area contributed by atoms with E-state index in [1.54, 1.807) is 18.2 Å². The van der Waals surface area contributed by atoms with E-state index in [-0.39, 0.29) is 27.6 Å². The molecule has 4 nitrogen and oxygen atoms in total. The third-order valence-electron chi connectivity index (χ3n) is 4.52. The fourth-order valence-corrected chi connectivity index (χ4v) is 3.34. The number of amides is 1. The van der Waals surface area contributed by atoms with Crippen molar-refractivity contribution in [3.05, 3.63) is 52.3 Å². The highest BCUT2D eigenvalue weighted by Gasteiger charge is 2.60. The fourth-order valence-electron chi connectivity index (χ4n) is 2.94. The van der Waals surface area contributed by atoms with Crippen molar-refractivity contribution >= 4 is 46.4 Å². The van der Waals surface area contributed by atoms with Gasteiger partial charge in [-0.3, -0.25) is 4.79 Å². The maximum Gasteiger partial charge on any atom is 0.224 e. The molecule has 1 saturated carbocycles. The van der Waals surface area contributed by atoms with Gasteiger partial charge in [0, 0.05) is 17.3 Å². The van der Waals surface area contributed by atoms with Crippen LogP contribution in [0.4, 0.5) is 5.69 Å². The number of hydrogen-bond acceptors (Lipinski definition) is 3. The quantitative estimate of drug-likeness (QED) is 0.421. The summed E-state index contributed by atoms with van der Waals surface area (Å²) in [6, 6.07) is 7.25. The molecular weight excluding hydrogens is 395 g/mol. The zero-order valence-electron chi connectivity index (χ0n) is 14.8. The molecule has 1 fully saturated rings. The maximum absolute atomic E-state index is 12.3. The summed E-state index contributed by atoms with van der Waals surface area (Å²) in [7, 11) is 0. The fraction of sp³-hybridized carbons (Fsp3) is 0.421. The predicted octanol–water partition coefficient (Wildman–Crippen LogP) is 5.34. The van der Waals surface area contributed by atoms with Crippen molar-refractivity contribution in [3.63, 3.8) is 0 Å². The second-order valence-corrected chi connectivity index (χ2v) is 8.27. The Labute approximate surface area is 169 Å². The number of ether oxygens (including phenoxy) is 1. The van der Waals surface area contributed by atoms with Crippen LogP contribution in [0.25, 0.3) is 0 Å². The smallest absolute Gasteiger partial charge is 0.224 e. The van der Waals surface area contributed by atoms with E-state index in [0.717, 1.165) is 5.69 Å². The van der Waals surface area contributed by atoms with Crippen molar-refractivity contribution in [2.45, 2.75) is 20.3 Å². The summed E-state index contributed by atoms with van der Waals surface area (Å²) in [4.78, 5) is 12.3. The summed E-state index contributed by atoms with van der Waals surface area (Å²) in [5, 5.41) is 6.64. The molecule has 1 aromatic rings. The van der Waals surface area contributed by atoms with Crippen LogP contribution in [0, 0.1) is 17.3 Å². The Balaban J connectivity index is 1.63. The van der Waals surface area contributed by atoms with Crippen molar-refractivity contribution in [1.82, 2.24) is 5.32 Å². The molecule has 26 heavy (non-hydrogen) atoms. The van der Waals surface area contributed by atoms with Crippen LogP contribution in [0.3, 0.4) is 0 Å². The first kappa shape index (κ1) is 20.9. The summed E-state index contributed by atoms with van der Waals surface area (Å²) >= 11 is 17.3. The Morgan fingerprint density at radius 2 is 1.96 bits per heavy atom. The van der Waals surface area contributed by atoms with Gasteiger partial charge in [0.1, 0.15) is 4.49 Å². The lowest BCUT2D eigenvalue weighted by Crippen LogP contribution is -2.28. The number of nitrogens with one attached hydrogen (secondary N) is 2. The lowest BCUT2D eigenvalue weighted by molar-refractivity contribution is -0.123. The molecule has 0 radical (unpaired) electrons. The Kier molecular flexibility index (Phi) is 7.27. The molecule has 142 valence electrons. The average molecular weight is 418 g/mol. The summed E-state index contributed by atoms with van der Waals surface area (Å²) in [5.74, 6) is 0.442.